The molecule has 1 saturated carbocycles. The normalized spacial score (nSPS) is 14.9. The summed E-state index contributed by atoms with van der Waals surface area (Å²) in [6.45, 7) is 6.88. The first-order valence-electron chi connectivity index (χ1n) is 7.14. The number of aryl methyl sites for hydroxylation is 1. The average Bonchev–Trinajstić information content (AvgIpc) is 3.04. The number of imidazole rings is 1. The molecule has 2 rings (SSSR count). The van der Waals surface area contributed by atoms with Crippen LogP contribution in [0.4, 0.5) is 0 Å². The maximum Gasteiger partial charge on any atom is 0.222 e. The second-order valence-corrected chi connectivity index (χ2v) is 5.69. The van der Waals surface area contributed by atoms with Crippen molar-refractivity contribution in [1.82, 2.24) is 20.2 Å². The average molecular weight is 264 g/mol. The van der Waals surface area contributed by atoms with Crippen molar-refractivity contribution in [3.8, 4) is 0 Å². The number of nitrogens with one attached hydrogen (secondary N) is 2. The summed E-state index contributed by atoms with van der Waals surface area (Å²) in [4.78, 5) is 15.8. The van der Waals surface area contributed by atoms with Crippen molar-refractivity contribution in [1.29, 1.82) is 0 Å². The van der Waals surface area contributed by atoms with E-state index in [1.54, 1.807) is 6.33 Å². The molecule has 0 unspecified atom stereocenters. The molecular weight excluding hydrogens is 240 g/mol. The Morgan fingerprint density at radius 2 is 2.32 bits per heavy atom. The molecule has 1 aromatic rings. The van der Waals surface area contributed by atoms with Crippen LogP contribution < -0.4 is 10.6 Å². The van der Waals surface area contributed by atoms with Crippen molar-refractivity contribution >= 4 is 5.91 Å². The lowest BCUT2D eigenvalue weighted by Crippen LogP contribution is -2.27. The number of amides is 1. The molecule has 106 valence electrons. The molecule has 0 aliphatic heterocycles. The summed E-state index contributed by atoms with van der Waals surface area (Å²) in [6.07, 6.45) is 6.48. The van der Waals surface area contributed by atoms with Crippen LogP contribution in [0, 0.1) is 5.92 Å². The largest absolute Gasteiger partial charge is 0.353 e. The van der Waals surface area contributed by atoms with E-state index >= 15 is 0 Å². The molecule has 0 bridgehead atoms. The Hall–Kier alpha value is -1.36. The van der Waals surface area contributed by atoms with Gasteiger partial charge in [-0.1, -0.05) is 13.8 Å². The minimum atomic E-state index is 0.150. The molecule has 1 aliphatic carbocycles. The molecule has 1 aromatic heterocycles. The lowest BCUT2D eigenvalue weighted by atomic mass is 10.2. The molecule has 1 aliphatic rings. The number of rotatable bonds is 8. The van der Waals surface area contributed by atoms with Gasteiger partial charge in [0.05, 0.1) is 12.0 Å². The van der Waals surface area contributed by atoms with Crippen LogP contribution in [-0.4, -0.2) is 28.0 Å². The summed E-state index contributed by atoms with van der Waals surface area (Å²) in [5.41, 5.74) is 1.14. The third kappa shape index (κ3) is 5.03. The monoisotopic (exact) mass is 264 g/mol. The molecule has 0 saturated heterocycles. The van der Waals surface area contributed by atoms with E-state index in [4.69, 9.17) is 0 Å². The Bertz CT molecular complexity index is 409. The third-order valence-electron chi connectivity index (χ3n) is 3.18. The first-order valence-corrected chi connectivity index (χ1v) is 7.14. The number of carbonyl (C=O) groups is 1. The second kappa shape index (κ2) is 6.70. The van der Waals surface area contributed by atoms with Crippen LogP contribution in [0.25, 0.3) is 0 Å². The van der Waals surface area contributed by atoms with Gasteiger partial charge in [-0.25, -0.2) is 4.98 Å². The maximum atomic E-state index is 11.6. The van der Waals surface area contributed by atoms with E-state index in [2.05, 4.69) is 34.0 Å². The molecule has 0 spiro atoms. The van der Waals surface area contributed by atoms with E-state index in [-0.39, 0.29) is 5.91 Å². The van der Waals surface area contributed by atoms with Gasteiger partial charge in [0.25, 0.3) is 0 Å². The van der Waals surface area contributed by atoms with Gasteiger partial charge in [-0.2, -0.15) is 0 Å². The first-order chi connectivity index (χ1) is 9.15. The highest BCUT2D eigenvalue weighted by Crippen LogP contribution is 2.18. The van der Waals surface area contributed by atoms with Crippen molar-refractivity contribution in [2.24, 2.45) is 5.92 Å². The SMILES string of the molecule is CC(C)CNCc1cncn1CCC(=O)NC1CC1. The molecule has 1 amide bonds. The summed E-state index contributed by atoms with van der Waals surface area (Å²) in [6, 6.07) is 0.447. The number of carbonyl (C=O) groups excluding carboxylic acids is 1. The predicted octanol–water partition coefficient (Wildman–Crippen LogP) is 1.30. The number of hydrogen-bond donors (Lipinski definition) is 2. The molecule has 5 heteroatoms. The molecule has 0 aromatic carbocycles. The van der Waals surface area contributed by atoms with Crippen molar-refractivity contribution in [2.45, 2.75) is 52.2 Å². The van der Waals surface area contributed by atoms with Crippen molar-refractivity contribution in [3.63, 3.8) is 0 Å². The molecule has 1 fully saturated rings. The van der Waals surface area contributed by atoms with Gasteiger partial charge in [0.1, 0.15) is 0 Å². The fraction of sp³-hybridized carbons (Fsp3) is 0.714. The van der Waals surface area contributed by atoms with Crippen molar-refractivity contribution in [3.05, 3.63) is 18.2 Å². The zero-order valence-corrected chi connectivity index (χ0v) is 11.9. The number of aromatic nitrogens is 2. The van der Waals surface area contributed by atoms with Gasteiger partial charge in [-0.15, -0.1) is 0 Å². The van der Waals surface area contributed by atoms with E-state index < -0.39 is 0 Å². The van der Waals surface area contributed by atoms with Gasteiger partial charge < -0.3 is 15.2 Å². The molecule has 0 atom stereocenters. The molecule has 5 nitrogen and oxygen atoms in total. The van der Waals surface area contributed by atoms with Gasteiger partial charge in [0.2, 0.25) is 5.91 Å². The minimum absolute atomic E-state index is 0.150. The van der Waals surface area contributed by atoms with Crippen LogP contribution in [0.15, 0.2) is 12.5 Å². The molecule has 0 radical (unpaired) electrons. The van der Waals surface area contributed by atoms with Gasteiger partial charge in [-0.3, -0.25) is 4.79 Å². The molecule has 19 heavy (non-hydrogen) atoms. The fourth-order valence-corrected chi connectivity index (χ4v) is 1.94. The van der Waals surface area contributed by atoms with Gasteiger partial charge >= 0.3 is 0 Å². The Morgan fingerprint density at radius 3 is 3.00 bits per heavy atom. The van der Waals surface area contributed by atoms with E-state index in [0.717, 1.165) is 31.6 Å². The van der Waals surface area contributed by atoms with Crippen LogP contribution in [0.1, 0.15) is 38.8 Å². The smallest absolute Gasteiger partial charge is 0.222 e. The van der Waals surface area contributed by atoms with Crippen LogP contribution in [0.3, 0.4) is 0 Å². The highest BCUT2D eigenvalue weighted by molar-refractivity contribution is 5.76. The van der Waals surface area contributed by atoms with Crippen LogP contribution >= 0.6 is 0 Å². The summed E-state index contributed by atoms with van der Waals surface area (Å²) in [5.74, 6) is 0.790. The Kier molecular flexibility index (Phi) is 4.96. The van der Waals surface area contributed by atoms with Crippen LogP contribution in [-0.2, 0) is 17.9 Å². The summed E-state index contributed by atoms with van der Waals surface area (Å²) >= 11 is 0. The van der Waals surface area contributed by atoms with Crippen LogP contribution in [0.5, 0.6) is 0 Å². The maximum absolute atomic E-state index is 11.6. The second-order valence-electron chi connectivity index (χ2n) is 5.69. The number of nitrogens with zero attached hydrogens (tertiary/aromatic N) is 2. The van der Waals surface area contributed by atoms with E-state index in [1.165, 1.54) is 0 Å². The Balaban J connectivity index is 1.73. The zero-order chi connectivity index (χ0) is 13.7. The lowest BCUT2D eigenvalue weighted by molar-refractivity contribution is -0.121. The van der Waals surface area contributed by atoms with Crippen LogP contribution in [0.2, 0.25) is 0 Å². The number of hydrogen-bond acceptors (Lipinski definition) is 3. The molecule has 2 N–H and O–H groups in total. The Morgan fingerprint density at radius 1 is 1.53 bits per heavy atom. The minimum Gasteiger partial charge on any atom is -0.353 e. The van der Waals surface area contributed by atoms with Gasteiger partial charge in [0.15, 0.2) is 0 Å². The Labute approximate surface area is 114 Å². The third-order valence-corrected chi connectivity index (χ3v) is 3.18. The zero-order valence-electron chi connectivity index (χ0n) is 11.9. The standard InChI is InChI=1S/C14H24N4O/c1-11(2)7-15-8-13-9-16-10-18(13)6-5-14(19)17-12-3-4-12/h9-12,15H,3-8H2,1-2H3,(H,17,19). The summed E-state index contributed by atoms with van der Waals surface area (Å²) in [7, 11) is 0. The van der Waals surface area contributed by atoms with Gasteiger partial charge in [0, 0.05) is 31.7 Å². The summed E-state index contributed by atoms with van der Waals surface area (Å²) in [5, 5.41) is 6.40. The topological polar surface area (TPSA) is 59.0 Å². The van der Waals surface area contributed by atoms with Crippen molar-refractivity contribution in [2.75, 3.05) is 6.54 Å². The van der Waals surface area contributed by atoms with Crippen molar-refractivity contribution < 1.29 is 4.79 Å². The quantitative estimate of drug-likeness (QED) is 0.744. The van der Waals surface area contributed by atoms with E-state index in [1.807, 2.05) is 6.20 Å². The molecule has 1 heterocycles. The summed E-state index contributed by atoms with van der Waals surface area (Å²) < 4.78 is 2.06. The first kappa shape index (κ1) is 14.1. The fourth-order valence-electron chi connectivity index (χ4n) is 1.94. The van der Waals surface area contributed by atoms with Gasteiger partial charge in [-0.05, 0) is 25.3 Å². The van der Waals surface area contributed by atoms with E-state index in [9.17, 15) is 4.79 Å². The highest BCUT2D eigenvalue weighted by Gasteiger charge is 2.22. The lowest BCUT2D eigenvalue weighted by Gasteiger charge is -2.10. The van der Waals surface area contributed by atoms with E-state index in [0.29, 0.717) is 24.9 Å². The predicted molar refractivity (Wildman–Crippen MR) is 74.6 cm³/mol. The highest BCUT2D eigenvalue weighted by atomic mass is 16.1. The molecular formula is C14H24N4O.